The molecule has 0 atom stereocenters. The Hall–Kier alpha value is -2.89. The molecule has 1 N–H and O–H groups in total. The van der Waals surface area contributed by atoms with Crippen LogP contribution in [0, 0.1) is 0 Å². The molecule has 0 aliphatic heterocycles. The van der Waals surface area contributed by atoms with Crippen molar-refractivity contribution in [1.82, 2.24) is 5.32 Å². The summed E-state index contributed by atoms with van der Waals surface area (Å²) in [5, 5.41) is 2.79. The number of para-hydroxylation sites is 2. The number of rotatable bonds is 8. The van der Waals surface area contributed by atoms with E-state index in [0.29, 0.717) is 41.7 Å². The second kappa shape index (κ2) is 8.67. The number of hydrogen-bond acceptors (Lipinski definition) is 5. The Bertz CT molecular complexity index is 665. The van der Waals surface area contributed by atoms with E-state index < -0.39 is 0 Å². The van der Waals surface area contributed by atoms with E-state index in [4.69, 9.17) is 18.9 Å². The van der Waals surface area contributed by atoms with E-state index in [9.17, 15) is 4.79 Å². The third-order valence-electron chi connectivity index (χ3n) is 3.37. The zero-order valence-corrected chi connectivity index (χ0v) is 14.0. The van der Waals surface area contributed by atoms with Gasteiger partial charge in [0.1, 0.15) is 23.7 Å². The molecule has 0 spiro atoms. The molecular formula is C18H21NO5. The molecule has 0 unspecified atom stereocenters. The highest BCUT2D eigenvalue weighted by Crippen LogP contribution is 2.28. The standard InChI is InChI=1S/C18H21NO5/c1-21-13-7-4-5-8-14(13)24-12-11-19-18(20)17-15(22-2)9-6-10-16(17)23-3/h4-10H,11-12H2,1-3H3,(H,19,20). The number of carbonyl (C=O) groups is 1. The van der Waals surface area contributed by atoms with Gasteiger partial charge in [0.15, 0.2) is 11.5 Å². The first-order valence-corrected chi connectivity index (χ1v) is 7.46. The molecule has 6 heteroatoms. The Morgan fingerprint density at radius 1 is 0.833 bits per heavy atom. The Labute approximate surface area is 141 Å². The molecule has 2 rings (SSSR count). The summed E-state index contributed by atoms with van der Waals surface area (Å²) in [6, 6.07) is 12.5. The van der Waals surface area contributed by atoms with E-state index in [2.05, 4.69) is 5.32 Å². The summed E-state index contributed by atoms with van der Waals surface area (Å²) in [6.45, 7) is 0.641. The summed E-state index contributed by atoms with van der Waals surface area (Å²) in [7, 11) is 4.60. The molecule has 128 valence electrons. The molecular weight excluding hydrogens is 310 g/mol. The van der Waals surface area contributed by atoms with E-state index in [-0.39, 0.29) is 5.91 Å². The third-order valence-corrected chi connectivity index (χ3v) is 3.37. The first-order chi connectivity index (χ1) is 11.7. The van der Waals surface area contributed by atoms with Crippen LogP contribution in [0.2, 0.25) is 0 Å². The van der Waals surface area contributed by atoms with Gasteiger partial charge < -0.3 is 24.3 Å². The molecule has 6 nitrogen and oxygen atoms in total. The minimum atomic E-state index is -0.284. The lowest BCUT2D eigenvalue weighted by Gasteiger charge is -2.14. The van der Waals surface area contributed by atoms with Crippen LogP contribution >= 0.6 is 0 Å². The van der Waals surface area contributed by atoms with Crippen LogP contribution in [-0.4, -0.2) is 40.4 Å². The molecule has 0 radical (unpaired) electrons. The lowest BCUT2D eigenvalue weighted by Crippen LogP contribution is -2.28. The molecule has 24 heavy (non-hydrogen) atoms. The van der Waals surface area contributed by atoms with E-state index >= 15 is 0 Å². The second-order valence-electron chi connectivity index (χ2n) is 4.79. The maximum Gasteiger partial charge on any atom is 0.258 e. The van der Waals surface area contributed by atoms with Gasteiger partial charge in [-0.15, -0.1) is 0 Å². The summed E-state index contributed by atoms with van der Waals surface area (Å²) in [5.74, 6) is 1.90. The minimum absolute atomic E-state index is 0.284. The summed E-state index contributed by atoms with van der Waals surface area (Å²) < 4.78 is 21.3. The topological polar surface area (TPSA) is 66.0 Å². The van der Waals surface area contributed by atoms with Crippen molar-refractivity contribution in [3.63, 3.8) is 0 Å². The second-order valence-corrected chi connectivity index (χ2v) is 4.79. The SMILES string of the molecule is COc1ccccc1OCCNC(=O)c1c(OC)cccc1OC. The maximum absolute atomic E-state index is 12.4. The van der Waals surface area contributed by atoms with Gasteiger partial charge in [-0.1, -0.05) is 18.2 Å². The fourth-order valence-corrected chi connectivity index (χ4v) is 2.23. The zero-order valence-electron chi connectivity index (χ0n) is 14.0. The largest absolute Gasteiger partial charge is 0.496 e. The number of benzene rings is 2. The fraction of sp³-hybridized carbons (Fsp3) is 0.278. The number of hydrogen-bond donors (Lipinski definition) is 1. The molecule has 1 amide bonds. The van der Waals surface area contributed by atoms with Crippen molar-refractivity contribution in [2.24, 2.45) is 0 Å². The quantitative estimate of drug-likeness (QED) is 0.753. The van der Waals surface area contributed by atoms with Gasteiger partial charge >= 0.3 is 0 Å². The van der Waals surface area contributed by atoms with Crippen LogP contribution < -0.4 is 24.3 Å². The Balaban J connectivity index is 1.94. The third kappa shape index (κ3) is 4.10. The number of amides is 1. The summed E-state index contributed by atoms with van der Waals surface area (Å²) in [6.07, 6.45) is 0. The summed E-state index contributed by atoms with van der Waals surface area (Å²) in [4.78, 5) is 12.4. The van der Waals surface area contributed by atoms with Crippen molar-refractivity contribution >= 4 is 5.91 Å². The predicted molar refractivity (Wildman–Crippen MR) is 90.4 cm³/mol. The van der Waals surface area contributed by atoms with Crippen LogP contribution in [0.1, 0.15) is 10.4 Å². The fourth-order valence-electron chi connectivity index (χ4n) is 2.23. The van der Waals surface area contributed by atoms with Gasteiger partial charge in [0.25, 0.3) is 5.91 Å². The minimum Gasteiger partial charge on any atom is -0.496 e. The predicted octanol–water partition coefficient (Wildman–Crippen LogP) is 2.52. The number of nitrogens with one attached hydrogen (secondary N) is 1. The number of carbonyl (C=O) groups excluding carboxylic acids is 1. The van der Waals surface area contributed by atoms with Gasteiger partial charge in [-0.25, -0.2) is 0 Å². The van der Waals surface area contributed by atoms with E-state index in [0.717, 1.165) is 0 Å². The number of ether oxygens (including phenoxy) is 4. The molecule has 2 aromatic rings. The van der Waals surface area contributed by atoms with E-state index in [1.165, 1.54) is 14.2 Å². The molecule has 0 bridgehead atoms. The van der Waals surface area contributed by atoms with Gasteiger partial charge in [0.2, 0.25) is 0 Å². The molecule has 0 saturated heterocycles. The van der Waals surface area contributed by atoms with E-state index in [1.807, 2.05) is 24.3 Å². The first-order valence-electron chi connectivity index (χ1n) is 7.46. The summed E-state index contributed by atoms with van der Waals surface area (Å²) in [5.41, 5.74) is 0.361. The van der Waals surface area contributed by atoms with Gasteiger partial charge in [-0.05, 0) is 24.3 Å². The Morgan fingerprint density at radius 3 is 1.96 bits per heavy atom. The van der Waals surface area contributed by atoms with Crippen molar-refractivity contribution < 1.29 is 23.7 Å². The van der Waals surface area contributed by atoms with Gasteiger partial charge in [0, 0.05) is 0 Å². The summed E-state index contributed by atoms with van der Waals surface area (Å²) >= 11 is 0. The highest BCUT2D eigenvalue weighted by Gasteiger charge is 2.17. The first kappa shape index (κ1) is 17.5. The van der Waals surface area contributed by atoms with Crippen LogP contribution in [0.15, 0.2) is 42.5 Å². The van der Waals surface area contributed by atoms with Crippen LogP contribution in [0.5, 0.6) is 23.0 Å². The monoisotopic (exact) mass is 331 g/mol. The smallest absolute Gasteiger partial charge is 0.258 e. The van der Waals surface area contributed by atoms with Crippen molar-refractivity contribution in [2.45, 2.75) is 0 Å². The van der Waals surface area contributed by atoms with Crippen LogP contribution in [0.4, 0.5) is 0 Å². The Kier molecular flexibility index (Phi) is 6.31. The highest BCUT2D eigenvalue weighted by atomic mass is 16.5. The van der Waals surface area contributed by atoms with Gasteiger partial charge in [0.05, 0.1) is 27.9 Å². The highest BCUT2D eigenvalue weighted by molar-refractivity contribution is 5.99. The molecule has 0 aliphatic rings. The van der Waals surface area contributed by atoms with Crippen LogP contribution in [-0.2, 0) is 0 Å². The average Bonchev–Trinajstić information content (AvgIpc) is 2.64. The van der Waals surface area contributed by atoms with Crippen molar-refractivity contribution in [1.29, 1.82) is 0 Å². The molecule has 2 aromatic carbocycles. The van der Waals surface area contributed by atoms with Crippen LogP contribution in [0.25, 0.3) is 0 Å². The van der Waals surface area contributed by atoms with Crippen molar-refractivity contribution in [3.05, 3.63) is 48.0 Å². The lowest BCUT2D eigenvalue weighted by atomic mass is 10.1. The normalized spacial score (nSPS) is 9.96. The molecule has 0 saturated carbocycles. The molecule has 0 aromatic heterocycles. The maximum atomic E-state index is 12.4. The van der Waals surface area contributed by atoms with Crippen molar-refractivity contribution in [3.8, 4) is 23.0 Å². The number of methoxy groups -OCH3 is 3. The zero-order chi connectivity index (χ0) is 17.4. The van der Waals surface area contributed by atoms with Gasteiger partial charge in [-0.3, -0.25) is 4.79 Å². The molecule has 0 aliphatic carbocycles. The van der Waals surface area contributed by atoms with E-state index in [1.54, 1.807) is 25.3 Å². The van der Waals surface area contributed by atoms with Crippen molar-refractivity contribution in [2.75, 3.05) is 34.5 Å². The Morgan fingerprint density at radius 2 is 1.38 bits per heavy atom. The molecule has 0 fully saturated rings. The lowest BCUT2D eigenvalue weighted by molar-refractivity contribution is 0.0940. The average molecular weight is 331 g/mol. The van der Waals surface area contributed by atoms with Crippen LogP contribution in [0.3, 0.4) is 0 Å². The molecule has 0 heterocycles. The van der Waals surface area contributed by atoms with Gasteiger partial charge in [-0.2, -0.15) is 0 Å².